The van der Waals surface area contributed by atoms with Gasteiger partial charge in [0.2, 0.25) is 0 Å². The van der Waals surface area contributed by atoms with Gasteiger partial charge in [-0.15, -0.1) is 0 Å². The van der Waals surface area contributed by atoms with Crippen molar-refractivity contribution in [1.82, 2.24) is 0 Å². The lowest BCUT2D eigenvalue weighted by atomic mass is 9.44. The van der Waals surface area contributed by atoms with Crippen molar-refractivity contribution >= 4 is 5.78 Å². The molecule has 5 nitrogen and oxygen atoms in total. The lowest BCUT2D eigenvalue weighted by molar-refractivity contribution is -0.175. The molecule has 4 aliphatic carbocycles. The molecule has 0 aliphatic heterocycles. The van der Waals surface area contributed by atoms with Crippen LogP contribution >= 0.6 is 0 Å². The molecular weight excluding hydrogens is 416 g/mol. The van der Waals surface area contributed by atoms with Gasteiger partial charge in [0.05, 0.1) is 24.4 Å². The topological polar surface area (TPSA) is 98.0 Å². The minimum absolute atomic E-state index is 0.0158. The van der Waals surface area contributed by atoms with E-state index in [1.165, 1.54) is 0 Å². The van der Waals surface area contributed by atoms with E-state index in [0.29, 0.717) is 48.9 Å². The molecule has 0 aromatic carbocycles. The molecule has 13 atom stereocenters. The average Bonchev–Trinajstić information content (AvgIpc) is 3.10. The average molecular weight is 465 g/mol. The molecule has 5 heteroatoms. The monoisotopic (exact) mass is 464 g/mol. The largest absolute Gasteiger partial charge is 0.390 e. The summed E-state index contributed by atoms with van der Waals surface area (Å²) < 4.78 is 0. The number of carbonyl (C=O) groups excluding carboxylic acids is 1. The van der Waals surface area contributed by atoms with E-state index >= 15 is 0 Å². The summed E-state index contributed by atoms with van der Waals surface area (Å²) >= 11 is 0. The Bertz CT molecular complexity index is 738. The fraction of sp³-hybridized carbons (Fsp3) is 0.964. The maximum absolute atomic E-state index is 13.3. The van der Waals surface area contributed by atoms with Crippen LogP contribution in [-0.4, -0.2) is 50.6 Å². The molecule has 4 saturated carbocycles. The van der Waals surface area contributed by atoms with Crippen LogP contribution in [0.3, 0.4) is 0 Å². The summed E-state index contributed by atoms with van der Waals surface area (Å²) in [5, 5.41) is 42.8. The van der Waals surface area contributed by atoms with Crippen LogP contribution < -0.4 is 0 Å². The van der Waals surface area contributed by atoms with Crippen LogP contribution in [0.15, 0.2) is 0 Å². The lowest BCUT2D eigenvalue weighted by Crippen LogP contribution is -2.59. The van der Waals surface area contributed by atoms with Crippen molar-refractivity contribution in [2.45, 2.75) is 111 Å². The first-order valence-electron chi connectivity index (χ1n) is 13.6. The van der Waals surface area contributed by atoms with E-state index < -0.39 is 24.4 Å². The number of fused-ring (bicyclic) bond motifs is 5. The standard InChI is InChI=1S/C28H48O5/c1-14(2)15(3)25(32)26(33)16(4)18-7-8-19-17-11-22(29)21-12-23(30)24(31)13-28(21,6)20(17)9-10-27(18,19)5/h14-21,23-26,30-33H,7-13H2,1-6H3/t15-,16+,17+,18-,19+,20+,21-,23+,24-,25-,26-,27+,28-/m1/s1. The molecule has 4 N–H and O–H groups in total. The first kappa shape index (κ1) is 25.6. The van der Waals surface area contributed by atoms with Gasteiger partial charge in [0, 0.05) is 12.3 Å². The van der Waals surface area contributed by atoms with Crippen LogP contribution in [0.25, 0.3) is 0 Å². The summed E-state index contributed by atoms with van der Waals surface area (Å²) in [5.41, 5.74) is -0.162. The summed E-state index contributed by atoms with van der Waals surface area (Å²) in [6.45, 7) is 12.9. The van der Waals surface area contributed by atoms with Crippen LogP contribution in [-0.2, 0) is 4.79 Å². The summed E-state index contributed by atoms with van der Waals surface area (Å²) in [6.07, 6.45) is 2.80. The third kappa shape index (κ3) is 3.93. The Balaban J connectivity index is 1.56. The zero-order chi connectivity index (χ0) is 24.5. The second-order valence-corrected chi connectivity index (χ2v) is 13.4. The van der Waals surface area contributed by atoms with E-state index in [1.54, 1.807) is 0 Å². The van der Waals surface area contributed by atoms with Gasteiger partial charge in [-0.25, -0.2) is 0 Å². The van der Waals surface area contributed by atoms with Crippen LogP contribution in [0, 0.1) is 58.2 Å². The van der Waals surface area contributed by atoms with Crippen molar-refractivity contribution < 1.29 is 25.2 Å². The van der Waals surface area contributed by atoms with Gasteiger partial charge < -0.3 is 20.4 Å². The van der Waals surface area contributed by atoms with Crippen LogP contribution in [0.2, 0.25) is 0 Å². The zero-order valence-electron chi connectivity index (χ0n) is 21.6. The summed E-state index contributed by atoms with van der Waals surface area (Å²) in [5.74, 6) is 2.05. The molecule has 0 aromatic rings. The van der Waals surface area contributed by atoms with Gasteiger partial charge in [-0.1, -0.05) is 41.5 Å². The number of hydrogen-bond donors (Lipinski definition) is 4. The van der Waals surface area contributed by atoms with Gasteiger partial charge in [0.25, 0.3) is 0 Å². The van der Waals surface area contributed by atoms with Crippen LogP contribution in [0.5, 0.6) is 0 Å². The Morgan fingerprint density at radius 2 is 1.52 bits per heavy atom. The predicted octanol–water partition coefficient (Wildman–Crippen LogP) is 3.81. The molecule has 33 heavy (non-hydrogen) atoms. The molecule has 0 heterocycles. The molecule has 4 rings (SSSR count). The Labute approximate surface area is 200 Å². The van der Waals surface area contributed by atoms with E-state index in [1.807, 2.05) is 6.92 Å². The number of hydrogen-bond acceptors (Lipinski definition) is 5. The van der Waals surface area contributed by atoms with Gasteiger partial charge in [-0.2, -0.15) is 0 Å². The SMILES string of the molecule is CC(C)[C@@H](C)[C@@H](O)[C@H](O)[C@@H](C)[C@H]1CC[C@H]2[C@@H]3CC(=O)[C@H]4C[C@H](O)[C@H](O)C[C@]4(C)[C@H]3CC[C@@]12C. The molecule has 0 spiro atoms. The smallest absolute Gasteiger partial charge is 0.136 e. The third-order valence-electron chi connectivity index (χ3n) is 11.7. The normalized spacial score (nSPS) is 49.1. The summed E-state index contributed by atoms with van der Waals surface area (Å²) in [4.78, 5) is 13.3. The van der Waals surface area contributed by atoms with Crippen molar-refractivity contribution in [1.29, 1.82) is 0 Å². The summed E-state index contributed by atoms with van der Waals surface area (Å²) in [6, 6.07) is 0. The van der Waals surface area contributed by atoms with Gasteiger partial charge >= 0.3 is 0 Å². The van der Waals surface area contributed by atoms with E-state index in [0.717, 1.165) is 25.7 Å². The lowest BCUT2D eigenvalue weighted by Gasteiger charge is -2.61. The van der Waals surface area contributed by atoms with Crippen molar-refractivity contribution in [3.05, 3.63) is 0 Å². The molecule has 0 amide bonds. The van der Waals surface area contributed by atoms with E-state index in [2.05, 4.69) is 34.6 Å². The molecule has 0 aromatic heterocycles. The van der Waals surface area contributed by atoms with Gasteiger partial charge in [-0.3, -0.25) is 4.79 Å². The highest BCUT2D eigenvalue weighted by molar-refractivity contribution is 5.83. The fourth-order valence-electron chi connectivity index (χ4n) is 9.23. The first-order valence-corrected chi connectivity index (χ1v) is 13.6. The van der Waals surface area contributed by atoms with Crippen molar-refractivity contribution in [3.8, 4) is 0 Å². The molecule has 190 valence electrons. The number of aliphatic hydroxyl groups excluding tert-OH is 4. The minimum Gasteiger partial charge on any atom is -0.390 e. The fourth-order valence-corrected chi connectivity index (χ4v) is 9.23. The Kier molecular flexibility index (Phi) is 6.88. The number of rotatable bonds is 5. The third-order valence-corrected chi connectivity index (χ3v) is 11.7. The zero-order valence-corrected chi connectivity index (χ0v) is 21.6. The van der Waals surface area contributed by atoms with Crippen LogP contribution in [0.1, 0.15) is 86.5 Å². The minimum atomic E-state index is -0.782. The van der Waals surface area contributed by atoms with E-state index in [-0.39, 0.29) is 34.4 Å². The number of ketones is 1. The molecule has 0 saturated heterocycles. The highest BCUT2D eigenvalue weighted by Gasteiger charge is 2.63. The molecule has 4 aliphatic rings. The van der Waals surface area contributed by atoms with Crippen molar-refractivity contribution in [3.63, 3.8) is 0 Å². The number of aliphatic hydroxyl groups is 4. The highest BCUT2D eigenvalue weighted by atomic mass is 16.3. The second kappa shape index (κ2) is 8.87. The van der Waals surface area contributed by atoms with E-state index in [4.69, 9.17) is 0 Å². The Hall–Kier alpha value is -0.490. The Morgan fingerprint density at radius 3 is 2.15 bits per heavy atom. The highest BCUT2D eigenvalue weighted by Crippen LogP contribution is 2.67. The first-order chi connectivity index (χ1) is 15.3. The van der Waals surface area contributed by atoms with Gasteiger partial charge in [-0.05, 0) is 90.8 Å². The van der Waals surface area contributed by atoms with E-state index in [9.17, 15) is 25.2 Å². The Morgan fingerprint density at radius 1 is 0.879 bits per heavy atom. The van der Waals surface area contributed by atoms with Crippen LogP contribution in [0.4, 0.5) is 0 Å². The second-order valence-electron chi connectivity index (χ2n) is 13.4. The number of Topliss-reactive ketones (excluding diaryl/α,β-unsaturated/α-hetero) is 1. The molecular formula is C28H48O5. The number of carbonyl (C=O) groups is 1. The summed E-state index contributed by atoms with van der Waals surface area (Å²) in [7, 11) is 0. The molecule has 0 radical (unpaired) electrons. The maximum Gasteiger partial charge on any atom is 0.136 e. The van der Waals surface area contributed by atoms with Gasteiger partial charge in [0.1, 0.15) is 5.78 Å². The quantitative estimate of drug-likeness (QED) is 0.496. The molecule has 0 bridgehead atoms. The maximum atomic E-state index is 13.3. The van der Waals surface area contributed by atoms with Crippen molar-refractivity contribution in [2.75, 3.05) is 0 Å². The molecule has 4 fully saturated rings. The predicted molar refractivity (Wildman–Crippen MR) is 128 cm³/mol. The molecule has 0 unspecified atom stereocenters. The van der Waals surface area contributed by atoms with Crippen molar-refractivity contribution in [2.24, 2.45) is 58.2 Å². The van der Waals surface area contributed by atoms with Gasteiger partial charge in [0.15, 0.2) is 0 Å².